The second-order valence-corrected chi connectivity index (χ2v) is 6.55. The van der Waals surface area contributed by atoms with Crippen LogP contribution in [0.3, 0.4) is 0 Å². The van der Waals surface area contributed by atoms with Gasteiger partial charge in [0.2, 0.25) is 5.78 Å². The summed E-state index contributed by atoms with van der Waals surface area (Å²) in [4.78, 5) is 35.6. The van der Waals surface area contributed by atoms with E-state index in [0.717, 1.165) is 18.9 Å². The van der Waals surface area contributed by atoms with E-state index in [0.29, 0.717) is 17.0 Å². The van der Waals surface area contributed by atoms with Crippen LogP contribution in [0.5, 0.6) is 5.75 Å². The van der Waals surface area contributed by atoms with Gasteiger partial charge in [0.1, 0.15) is 11.4 Å². The molecule has 1 aliphatic rings. The molecule has 0 aliphatic heterocycles. The van der Waals surface area contributed by atoms with Gasteiger partial charge in [-0.2, -0.15) is 0 Å². The molecule has 28 heavy (non-hydrogen) atoms. The smallest absolute Gasteiger partial charge is 0.339 e. The van der Waals surface area contributed by atoms with E-state index in [1.165, 1.54) is 26.2 Å². The van der Waals surface area contributed by atoms with Crippen LogP contribution in [0.15, 0.2) is 42.5 Å². The number of hydrogen-bond acceptors (Lipinski definition) is 7. The van der Waals surface area contributed by atoms with Gasteiger partial charge in [-0.3, -0.25) is 14.9 Å². The molecule has 0 amide bonds. The van der Waals surface area contributed by atoms with E-state index in [4.69, 9.17) is 9.47 Å². The van der Waals surface area contributed by atoms with Gasteiger partial charge >= 0.3 is 5.97 Å². The first-order valence-corrected chi connectivity index (χ1v) is 8.83. The van der Waals surface area contributed by atoms with Gasteiger partial charge in [-0.25, -0.2) is 4.79 Å². The number of esters is 1. The van der Waals surface area contributed by atoms with Gasteiger partial charge < -0.3 is 14.8 Å². The number of carbonyl (C=O) groups is 2. The maximum atomic E-state index is 12.4. The standard InChI is InChI=1S/C20H20N2O6/c1-12(19(23)13-3-8-16(27-2)9-4-13)28-20(24)14-5-10-17(21-15-6-7-15)18(11-14)22(25)26/h3-5,8-12,15,21H,6-7H2,1-2H3/t12-/m1/s1. The molecule has 0 spiro atoms. The van der Waals surface area contributed by atoms with Crippen LogP contribution in [0.2, 0.25) is 0 Å². The summed E-state index contributed by atoms with van der Waals surface area (Å²) >= 11 is 0. The molecule has 146 valence electrons. The molecule has 8 heteroatoms. The fourth-order valence-corrected chi connectivity index (χ4v) is 2.65. The Morgan fingerprint density at radius 2 is 1.79 bits per heavy atom. The Bertz CT molecular complexity index is 905. The van der Waals surface area contributed by atoms with Crippen molar-refractivity contribution in [2.45, 2.75) is 31.9 Å². The Kier molecular flexibility index (Phi) is 5.58. The number of ether oxygens (including phenoxy) is 2. The van der Waals surface area contributed by atoms with Gasteiger partial charge in [-0.1, -0.05) is 0 Å². The first-order valence-electron chi connectivity index (χ1n) is 8.83. The lowest BCUT2D eigenvalue weighted by atomic mass is 10.1. The van der Waals surface area contributed by atoms with Crippen molar-refractivity contribution in [1.82, 2.24) is 0 Å². The van der Waals surface area contributed by atoms with Gasteiger partial charge in [0.25, 0.3) is 5.69 Å². The first kappa shape index (κ1) is 19.3. The summed E-state index contributed by atoms with van der Waals surface area (Å²) in [5, 5.41) is 14.4. The number of rotatable bonds is 8. The maximum Gasteiger partial charge on any atom is 0.339 e. The van der Waals surface area contributed by atoms with Crippen molar-refractivity contribution in [2.24, 2.45) is 0 Å². The normalized spacial score (nSPS) is 14.1. The Labute approximate surface area is 161 Å². The zero-order chi connectivity index (χ0) is 20.3. The fraction of sp³-hybridized carbons (Fsp3) is 0.300. The summed E-state index contributed by atoms with van der Waals surface area (Å²) in [6.07, 6.45) is 0.891. The summed E-state index contributed by atoms with van der Waals surface area (Å²) in [5.41, 5.74) is 0.556. The molecule has 2 aromatic carbocycles. The Hall–Kier alpha value is -3.42. The number of hydrogen-bond donors (Lipinski definition) is 1. The van der Waals surface area contributed by atoms with Crippen molar-refractivity contribution in [1.29, 1.82) is 0 Å². The minimum atomic E-state index is -1.04. The maximum absolute atomic E-state index is 12.4. The van der Waals surface area contributed by atoms with Crippen LogP contribution in [0.25, 0.3) is 0 Å². The van der Waals surface area contributed by atoms with Crippen LogP contribution in [-0.2, 0) is 4.74 Å². The predicted molar refractivity (Wildman–Crippen MR) is 102 cm³/mol. The predicted octanol–water partition coefficient (Wildman–Crippen LogP) is 3.61. The molecule has 1 fully saturated rings. The van der Waals surface area contributed by atoms with E-state index in [2.05, 4.69) is 5.32 Å². The fourth-order valence-electron chi connectivity index (χ4n) is 2.65. The summed E-state index contributed by atoms with van der Waals surface area (Å²) < 4.78 is 10.3. The molecule has 0 radical (unpaired) electrons. The highest BCUT2D eigenvalue weighted by Gasteiger charge is 2.27. The number of ketones is 1. The highest BCUT2D eigenvalue weighted by atomic mass is 16.6. The summed E-state index contributed by atoms with van der Waals surface area (Å²) in [5.74, 6) is -0.568. The first-order chi connectivity index (χ1) is 13.4. The third kappa shape index (κ3) is 4.46. The molecule has 0 saturated heterocycles. The Balaban J connectivity index is 1.71. The monoisotopic (exact) mass is 384 g/mol. The molecular formula is C20H20N2O6. The lowest BCUT2D eigenvalue weighted by Crippen LogP contribution is -2.24. The van der Waals surface area contributed by atoms with Crippen LogP contribution in [0.1, 0.15) is 40.5 Å². The quantitative estimate of drug-likeness (QED) is 0.320. The van der Waals surface area contributed by atoms with Crippen LogP contribution in [0, 0.1) is 10.1 Å². The second kappa shape index (κ2) is 8.08. The number of nitro groups is 1. The van der Waals surface area contributed by atoms with Crippen molar-refractivity contribution in [3.63, 3.8) is 0 Å². The number of nitrogens with zero attached hydrogens (tertiary/aromatic N) is 1. The third-order valence-electron chi connectivity index (χ3n) is 4.39. The highest BCUT2D eigenvalue weighted by Crippen LogP contribution is 2.31. The van der Waals surface area contributed by atoms with Crippen molar-refractivity contribution < 1.29 is 24.0 Å². The number of anilines is 1. The molecule has 2 aromatic rings. The topological polar surface area (TPSA) is 108 Å². The van der Waals surface area contributed by atoms with Crippen molar-refractivity contribution in [3.05, 3.63) is 63.7 Å². The van der Waals surface area contributed by atoms with E-state index in [-0.39, 0.29) is 23.1 Å². The number of nitro benzene ring substituents is 1. The van der Waals surface area contributed by atoms with Gasteiger partial charge in [0, 0.05) is 17.7 Å². The van der Waals surface area contributed by atoms with E-state index in [9.17, 15) is 19.7 Å². The number of Topliss-reactive ketones (excluding diaryl/α,β-unsaturated/α-hetero) is 1. The SMILES string of the molecule is COc1ccc(C(=O)[C@@H](C)OC(=O)c2ccc(NC3CC3)c([N+](=O)[O-])c2)cc1. The number of carbonyl (C=O) groups excluding carboxylic acids is 2. The molecule has 3 rings (SSSR count). The lowest BCUT2D eigenvalue weighted by Gasteiger charge is -2.13. The minimum absolute atomic E-state index is 0.0161. The second-order valence-electron chi connectivity index (χ2n) is 6.55. The number of nitrogens with one attached hydrogen (secondary N) is 1. The average molecular weight is 384 g/mol. The number of benzene rings is 2. The van der Waals surface area contributed by atoms with E-state index in [1.54, 1.807) is 24.3 Å². The van der Waals surface area contributed by atoms with E-state index >= 15 is 0 Å². The summed E-state index contributed by atoms with van der Waals surface area (Å²) in [7, 11) is 1.52. The molecule has 0 heterocycles. The van der Waals surface area contributed by atoms with Gasteiger partial charge in [-0.15, -0.1) is 0 Å². The molecule has 1 atom stereocenters. The molecule has 1 aliphatic carbocycles. The average Bonchev–Trinajstić information content (AvgIpc) is 3.51. The van der Waals surface area contributed by atoms with E-state index in [1.807, 2.05) is 0 Å². The zero-order valence-electron chi connectivity index (χ0n) is 15.5. The summed E-state index contributed by atoms with van der Waals surface area (Å²) in [6, 6.07) is 10.8. The molecule has 8 nitrogen and oxygen atoms in total. The largest absolute Gasteiger partial charge is 0.497 e. The minimum Gasteiger partial charge on any atom is -0.497 e. The number of methoxy groups -OCH3 is 1. The van der Waals surface area contributed by atoms with Gasteiger partial charge in [-0.05, 0) is 56.2 Å². The van der Waals surface area contributed by atoms with E-state index < -0.39 is 17.0 Å². The molecule has 0 bridgehead atoms. The van der Waals surface area contributed by atoms with Crippen LogP contribution < -0.4 is 10.1 Å². The molecule has 1 N–H and O–H groups in total. The zero-order valence-corrected chi connectivity index (χ0v) is 15.5. The Morgan fingerprint density at radius 3 is 2.36 bits per heavy atom. The van der Waals surface area contributed by atoms with Crippen LogP contribution in [0.4, 0.5) is 11.4 Å². The van der Waals surface area contributed by atoms with Crippen LogP contribution in [-0.4, -0.2) is 35.9 Å². The van der Waals surface area contributed by atoms with Gasteiger partial charge in [0.15, 0.2) is 6.10 Å². The molecule has 0 aromatic heterocycles. The highest BCUT2D eigenvalue weighted by molar-refractivity contribution is 6.01. The molecule has 0 unspecified atom stereocenters. The van der Waals surface area contributed by atoms with Crippen LogP contribution >= 0.6 is 0 Å². The van der Waals surface area contributed by atoms with Crippen molar-refractivity contribution in [3.8, 4) is 5.75 Å². The third-order valence-corrected chi connectivity index (χ3v) is 4.39. The molecular weight excluding hydrogens is 364 g/mol. The summed E-state index contributed by atoms with van der Waals surface area (Å²) in [6.45, 7) is 1.46. The lowest BCUT2D eigenvalue weighted by molar-refractivity contribution is -0.384. The van der Waals surface area contributed by atoms with Crippen molar-refractivity contribution in [2.75, 3.05) is 12.4 Å². The van der Waals surface area contributed by atoms with Gasteiger partial charge in [0.05, 0.1) is 17.6 Å². The Morgan fingerprint density at radius 1 is 1.14 bits per heavy atom. The molecule has 1 saturated carbocycles. The van der Waals surface area contributed by atoms with Crippen molar-refractivity contribution >= 4 is 23.1 Å².